The molecule has 0 aliphatic heterocycles. The summed E-state index contributed by atoms with van der Waals surface area (Å²) in [4.78, 5) is 10.1. The van der Waals surface area contributed by atoms with Gasteiger partial charge in [-0.15, -0.1) is 0 Å². The Bertz CT molecular complexity index is 484. The third kappa shape index (κ3) is 4.23. The number of nitrogens with zero attached hydrogens (tertiary/aromatic N) is 1. The van der Waals surface area contributed by atoms with Gasteiger partial charge in [0.2, 0.25) is 0 Å². The van der Waals surface area contributed by atoms with Crippen molar-refractivity contribution in [1.29, 1.82) is 0 Å². The van der Waals surface area contributed by atoms with Crippen LogP contribution in [0.15, 0.2) is 12.1 Å². The molecule has 18 heavy (non-hydrogen) atoms. The van der Waals surface area contributed by atoms with Crippen LogP contribution in [-0.4, -0.2) is 27.7 Å². The molecule has 0 fully saturated rings. The zero-order valence-electron chi connectivity index (χ0n) is 9.61. The summed E-state index contributed by atoms with van der Waals surface area (Å²) < 4.78 is 24.0. The maximum atomic E-state index is 13.2. The SMILES string of the molecule is CS(=O)CCCNc1cc(F)c(Cl)cc1[N+](=O)[O-]. The fourth-order valence-electron chi connectivity index (χ4n) is 1.33. The molecular weight excluding hydrogens is 283 g/mol. The van der Waals surface area contributed by atoms with Crippen molar-refractivity contribution in [1.82, 2.24) is 0 Å². The van der Waals surface area contributed by atoms with Gasteiger partial charge in [-0.05, 0) is 6.42 Å². The minimum Gasteiger partial charge on any atom is -0.379 e. The van der Waals surface area contributed by atoms with E-state index in [1.807, 2.05) is 0 Å². The summed E-state index contributed by atoms with van der Waals surface area (Å²) in [6.45, 7) is 0.376. The van der Waals surface area contributed by atoms with Crippen molar-refractivity contribution in [2.75, 3.05) is 23.9 Å². The van der Waals surface area contributed by atoms with Gasteiger partial charge in [-0.2, -0.15) is 0 Å². The Labute approximate surface area is 111 Å². The summed E-state index contributed by atoms with van der Waals surface area (Å²) >= 11 is 5.49. The van der Waals surface area contributed by atoms with Crippen LogP contribution in [-0.2, 0) is 10.8 Å². The van der Waals surface area contributed by atoms with Crippen molar-refractivity contribution in [2.45, 2.75) is 6.42 Å². The van der Waals surface area contributed by atoms with Crippen LogP contribution >= 0.6 is 11.6 Å². The monoisotopic (exact) mass is 294 g/mol. The van der Waals surface area contributed by atoms with Crippen LogP contribution in [0.3, 0.4) is 0 Å². The van der Waals surface area contributed by atoms with Gasteiger partial charge in [0, 0.05) is 41.5 Å². The molecule has 0 amide bonds. The molecular formula is C10H12ClFN2O3S. The van der Waals surface area contributed by atoms with Gasteiger partial charge >= 0.3 is 0 Å². The number of anilines is 1. The van der Waals surface area contributed by atoms with E-state index in [4.69, 9.17) is 11.6 Å². The molecule has 0 aliphatic rings. The van der Waals surface area contributed by atoms with E-state index in [0.29, 0.717) is 18.7 Å². The van der Waals surface area contributed by atoms with Crippen molar-refractivity contribution >= 4 is 33.8 Å². The van der Waals surface area contributed by atoms with Gasteiger partial charge in [-0.3, -0.25) is 14.3 Å². The number of nitrogens with one attached hydrogen (secondary N) is 1. The van der Waals surface area contributed by atoms with Crippen LogP contribution in [0.5, 0.6) is 0 Å². The maximum Gasteiger partial charge on any atom is 0.294 e. The third-order valence-electron chi connectivity index (χ3n) is 2.16. The molecule has 0 heterocycles. The Kier molecular flexibility index (Phi) is 5.49. The molecule has 1 atom stereocenters. The minimum absolute atomic E-state index is 0.0729. The number of benzene rings is 1. The lowest BCUT2D eigenvalue weighted by molar-refractivity contribution is -0.384. The molecule has 1 aromatic carbocycles. The van der Waals surface area contributed by atoms with E-state index in [1.165, 1.54) is 0 Å². The number of rotatable bonds is 6. The molecule has 1 aromatic rings. The minimum atomic E-state index is -0.915. The summed E-state index contributed by atoms with van der Waals surface area (Å²) in [6, 6.07) is 1.96. The highest BCUT2D eigenvalue weighted by Gasteiger charge is 2.17. The Balaban J connectivity index is 2.77. The first-order valence-electron chi connectivity index (χ1n) is 5.09. The average Bonchev–Trinajstić information content (AvgIpc) is 2.28. The first kappa shape index (κ1) is 14.8. The first-order valence-corrected chi connectivity index (χ1v) is 7.19. The lowest BCUT2D eigenvalue weighted by Crippen LogP contribution is -2.08. The van der Waals surface area contributed by atoms with E-state index in [9.17, 15) is 18.7 Å². The summed E-state index contributed by atoms with van der Waals surface area (Å²) in [7, 11) is -0.915. The van der Waals surface area contributed by atoms with Crippen LogP contribution in [0.1, 0.15) is 6.42 Å². The molecule has 0 aliphatic carbocycles. The van der Waals surface area contributed by atoms with Crippen molar-refractivity contribution in [3.05, 3.63) is 33.1 Å². The van der Waals surface area contributed by atoms with E-state index >= 15 is 0 Å². The average molecular weight is 295 g/mol. The van der Waals surface area contributed by atoms with Crippen LogP contribution in [0.4, 0.5) is 15.8 Å². The smallest absolute Gasteiger partial charge is 0.294 e. The van der Waals surface area contributed by atoms with Crippen molar-refractivity contribution < 1.29 is 13.5 Å². The summed E-state index contributed by atoms with van der Waals surface area (Å²) in [5.74, 6) is -0.236. The predicted molar refractivity (Wildman–Crippen MR) is 70.1 cm³/mol. The van der Waals surface area contributed by atoms with Gasteiger partial charge < -0.3 is 5.32 Å². The van der Waals surface area contributed by atoms with E-state index < -0.39 is 21.5 Å². The Morgan fingerprint density at radius 2 is 2.22 bits per heavy atom. The van der Waals surface area contributed by atoms with Gasteiger partial charge in [-0.1, -0.05) is 11.6 Å². The second-order valence-electron chi connectivity index (χ2n) is 3.60. The number of nitro groups is 1. The maximum absolute atomic E-state index is 13.2. The molecule has 100 valence electrons. The van der Waals surface area contributed by atoms with Crippen LogP contribution < -0.4 is 5.32 Å². The van der Waals surface area contributed by atoms with Crippen molar-refractivity contribution in [3.63, 3.8) is 0 Å². The van der Waals surface area contributed by atoms with E-state index in [0.717, 1.165) is 12.1 Å². The first-order chi connectivity index (χ1) is 8.41. The largest absolute Gasteiger partial charge is 0.379 e. The molecule has 8 heteroatoms. The fourth-order valence-corrected chi connectivity index (χ4v) is 2.04. The topological polar surface area (TPSA) is 72.2 Å². The molecule has 0 saturated heterocycles. The van der Waals surface area contributed by atoms with Crippen molar-refractivity contribution in [3.8, 4) is 0 Å². The zero-order valence-corrected chi connectivity index (χ0v) is 11.2. The second kappa shape index (κ2) is 6.65. The highest BCUT2D eigenvalue weighted by molar-refractivity contribution is 7.84. The fraction of sp³-hybridized carbons (Fsp3) is 0.400. The van der Waals surface area contributed by atoms with Gasteiger partial charge in [0.15, 0.2) is 0 Å². The van der Waals surface area contributed by atoms with Crippen LogP contribution in [0.2, 0.25) is 5.02 Å². The summed E-state index contributed by atoms with van der Waals surface area (Å²) in [6.07, 6.45) is 2.15. The molecule has 0 aromatic heterocycles. The predicted octanol–water partition coefficient (Wildman–Crippen LogP) is 2.57. The van der Waals surface area contributed by atoms with E-state index in [2.05, 4.69) is 5.32 Å². The molecule has 0 saturated carbocycles. The third-order valence-corrected chi connectivity index (χ3v) is 3.31. The van der Waals surface area contributed by atoms with Gasteiger partial charge in [0.25, 0.3) is 5.69 Å². The molecule has 1 rings (SSSR count). The molecule has 0 bridgehead atoms. The second-order valence-corrected chi connectivity index (χ2v) is 5.56. The highest BCUT2D eigenvalue weighted by atomic mass is 35.5. The van der Waals surface area contributed by atoms with Crippen LogP contribution in [0.25, 0.3) is 0 Å². The number of nitro benzene ring substituents is 1. The Morgan fingerprint density at radius 3 is 2.78 bits per heavy atom. The number of hydrogen-bond donors (Lipinski definition) is 1. The van der Waals surface area contributed by atoms with Gasteiger partial charge in [0.05, 0.1) is 9.95 Å². The number of hydrogen-bond acceptors (Lipinski definition) is 4. The zero-order chi connectivity index (χ0) is 13.7. The Morgan fingerprint density at radius 1 is 1.56 bits per heavy atom. The number of halogens is 2. The van der Waals surface area contributed by atoms with Crippen molar-refractivity contribution in [2.24, 2.45) is 0 Å². The normalized spacial score (nSPS) is 12.2. The van der Waals surface area contributed by atoms with Gasteiger partial charge in [0.1, 0.15) is 11.5 Å². The van der Waals surface area contributed by atoms with Crippen LogP contribution in [0, 0.1) is 15.9 Å². The van der Waals surface area contributed by atoms with E-state index in [1.54, 1.807) is 6.26 Å². The lowest BCUT2D eigenvalue weighted by Gasteiger charge is -2.07. The standard InChI is InChI=1S/C10H12ClFN2O3S/c1-18(17)4-2-3-13-9-6-8(12)7(11)5-10(9)14(15)16/h5-6,13H,2-4H2,1H3. The lowest BCUT2D eigenvalue weighted by atomic mass is 10.2. The van der Waals surface area contributed by atoms with E-state index in [-0.39, 0.29) is 16.4 Å². The molecule has 1 N–H and O–H groups in total. The molecule has 0 spiro atoms. The van der Waals surface area contributed by atoms with Gasteiger partial charge in [-0.25, -0.2) is 4.39 Å². The highest BCUT2D eigenvalue weighted by Crippen LogP contribution is 2.30. The molecule has 1 unspecified atom stereocenters. The molecule has 5 nitrogen and oxygen atoms in total. The molecule has 0 radical (unpaired) electrons. The quantitative estimate of drug-likeness (QED) is 0.497. The Hall–Kier alpha value is -1.21. The summed E-state index contributed by atoms with van der Waals surface area (Å²) in [5.41, 5.74) is -0.206. The summed E-state index contributed by atoms with van der Waals surface area (Å²) in [5, 5.41) is 13.2.